The zero-order valence-electron chi connectivity index (χ0n) is 21.3. The number of hydrogen-bond donors (Lipinski definition) is 3. The highest BCUT2D eigenvalue weighted by atomic mass is 79.9. The number of imide groups is 1. The van der Waals surface area contributed by atoms with Crippen molar-refractivity contribution in [3.63, 3.8) is 0 Å². The molecule has 3 fully saturated rings. The van der Waals surface area contributed by atoms with Crippen LogP contribution >= 0.6 is 15.9 Å². The molecule has 202 valence electrons. The van der Waals surface area contributed by atoms with Crippen LogP contribution in [0.25, 0.3) is 0 Å². The number of amides is 3. The van der Waals surface area contributed by atoms with Gasteiger partial charge in [-0.1, -0.05) is 22.0 Å². The first-order valence-corrected chi connectivity index (χ1v) is 14.0. The third-order valence-electron chi connectivity index (χ3n) is 8.43. The van der Waals surface area contributed by atoms with Crippen LogP contribution in [0.2, 0.25) is 0 Å². The van der Waals surface area contributed by atoms with E-state index in [1.807, 2.05) is 12.1 Å². The van der Waals surface area contributed by atoms with Gasteiger partial charge in [-0.15, -0.1) is 0 Å². The topological polar surface area (TPSA) is 108 Å². The van der Waals surface area contributed by atoms with Crippen molar-refractivity contribution in [2.24, 2.45) is 11.1 Å². The first-order valence-electron chi connectivity index (χ1n) is 13.2. The fourth-order valence-electron chi connectivity index (χ4n) is 5.99. The molecule has 3 aliphatic heterocycles. The van der Waals surface area contributed by atoms with E-state index in [0.29, 0.717) is 19.4 Å². The Balaban J connectivity index is 1.19. The minimum Gasteiger partial charge on any atom is -0.371 e. The van der Waals surface area contributed by atoms with E-state index < -0.39 is 11.7 Å². The van der Waals surface area contributed by atoms with Crippen LogP contribution < -0.4 is 26.2 Å². The van der Waals surface area contributed by atoms with E-state index in [1.165, 1.54) is 12.1 Å². The number of piperidine rings is 3. The number of anilines is 2. The molecule has 38 heavy (non-hydrogen) atoms. The average molecular weight is 587 g/mol. The van der Waals surface area contributed by atoms with Gasteiger partial charge in [-0.3, -0.25) is 19.7 Å². The van der Waals surface area contributed by atoms with Crippen molar-refractivity contribution < 1.29 is 18.8 Å². The lowest BCUT2D eigenvalue weighted by atomic mass is 9.71. The van der Waals surface area contributed by atoms with Crippen LogP contribution in [-0.2, 0) is 16.1 Å². The lowest BCUT2D eigenvalue weighted by Gasteiger charge is -2.48. The summed E-state index contributed by atoms with van der Waals surface area (Å²) in [7, 11) is 0. The smallest absolute Gasteiger partial charge is 0.251 e. The fraction of sp³-hybridized carbons (Fsp3) is 0.464. The van der Waals surface area contributed by atoms with Crippen LogP contribution in [0.15, 0.2) is 40.9 Å². The third-order valence-corrected chi connectivity index (χ3v) is 9.17. The molecule has 1 atom stereocenters. The maximum absolute atomic E-state index is 14.3. The SMILES string of the molecule is NC(=O)c1ccc(N2CCC3(CC2)CCN(c2cccc(Br)c2CNC2CCC(=O)NC2=O)CC3)cc1F. The maximum Gasteiger partial charge on any atom is 0.251 e. The number of nitrogens with one attached hydrogen (secondary N) is 2. The number of nitrogens with zero attached hydrogens (tertiary/aromatic N) is 2. The van der Waals surface area contributed by atoms with Crippen LogP contribution in [0, 0.1) is 11.2 Å². The van der Waals surface area contributed by atoms with Gasteiger partial charge in [0, 0.05) is 60.6 Å². The van der Waals surface area contributed by atoms with Crippen molar-refractivity contribution in [2.45, 2.75) is 51.1 Å². The Labute approximate surface area is 230 Å². The number of nitrogens with two attached hydrogens (primary N) is 1. The molecule has 3 amide bonds. The van der Waals surface area contributed by atoms with E-state index in [4.69, 9.17) is 5.73 Å². The molecule has 10 heteroatoms. The van der Waals surface area contributed by atoms with Gasteiger partial charge in [-0.05, 0) is 67.9 Å². The Hall–Kier alpha value is -2.98. The molecule has 0 aromatic heterocycles. The molecular weight excluding hydrogens is 553 g/mol. The summed E-state index contributed by atoms with van der Waals surface area (Å²) >= 11 is 3.70. The highest BCUT2D eigenvalue weighted by Gasteiger charge is 2.38. The van der Waals surface area contributed by atoms with E-state index in [9.17, 15) is 18.8 Å². The third kappa shape index (κ3) is 5.56. The molecule has 0 bridgehead atoms. The van der Waals surface area contributed by atoms with Crippen molar-refractivity contribution in [1.82, 2.24) is 10.6 Å². The predicted molar refractivity (Wildman–Crippen MR) is 147 cm³/mol. The standard InChI is InChI=1S/C28H33BrFN5O3/c29-21-2-1-3-24(20(21)17-32-23-6-7-25(36)33-27(23)38)35-14-10-28(11-15-35)8-12-34(13-9-28)18-4-5-19(26(31)37)22(30)16-18/h1-5,16,23,32H,6-15,17H2,(H2,31,37)(H,33,36,38). The van der Waals surface area contributed by atoms with Crippen molar-refractivity contribution in [2.75, 3.05) is 36.0 Å². The second-order valence-electron chi connectivity index (χ2n) is 10.6. The maximum atomic E-state index is 14.3. The number of rotatable bonds is 6. The molecule has 2 aromatic carbocycles. The molecule has 0 saturated carbocycles. The van der Waals surface area contributed by atoms with Crippen LogP contribution in [0.1, 0.15) is 54.4 Å². The number of carbonyl (C=O) groups excluding carboxylic acids is 3. The molecule has 2 aromatic rings. The molecule has 3 heterocycles. The Morgan fingerprint density at radius 2 is 1.76 bits per heavy atom. The van der Waals surface area contributed by atoms with Crippen molar-refractivity contribution in [3.05, 3.63) is 57.8 Å². The van der Waals surface area contributed by atoms with Gasteiger partial charge in [0.1, 0.15) is 5.82 Å². The van der Waals surface area contributed by atoms with Crippen molar-refractivity contribution in [1.29, 1.82) is 0 Å². The Morgan fingerprint density at radius 3 is 2.39 bits per heavy atom. The Morgan fingerprint density at radius 1 is 1.08 bits per heavy atom. The summed E-state index contributed by atoms with van der Waals surface area (Å²) in [6.45, 7) is 4.14. The number of hydrogen-bond acceptors (Lipinski definition) is 6. The average Bonchev–Trinajstić information content (AvgIpc) is 2.89. The summed E-state index contributed by atoms with van der Waals surface area (Å²) in [6.07, 6.45) is 5.12. The Kier molecular flexibility index (Phi) is 7.72. The number of halogens is 2. The number of primary amides is 1. The monoisotopic (exact) mass is 585 g/mol. The summed E-state index contributed by atoms with van der Waals surface area (Å²) in [5, 5.41) is 5.75. The quantitative estimate of drug-likeness (QED) is 0.448. The summed E-state index contributed by atoms with van der Waals surface area (Å²) in [5.74, 6) is -1.79. The molecule has 3 aliphatic rings. The van der Waals surface area contributed by atoms with Gasteiger partial charge in [0.15, 0.2) is 0 Å². The molecule has 3 saturated heterocycles. The summed E-state index contributed by atoms with van der Waals surface area (Å²) in [4.78, 5) is 39.6. The lowest BCUT2D eigenvalue weighted by molar-refractivity contribution is -0.134. The zero-order chi connectivity index (χ0) is 26.9. The summed E-state index contributed by atoms with van der Waals surface area (Å²) < 4.78 is 15.3. The van der Waals surface area contributed by atoms with Crippen LogP contribution in [0.5, 0.6) is 0 Å². The van der Waals surface area contributed by atoms with Gasteiger partial charge in [-0.25, -0.2) is 4.39 Å². The highest BCUT2D eigenvalue weighted by molar-refractivity contribution is 9.10. The molecule has 5 rings (SSSR count). The minimum atomic E-state index is -0.751. The van der Waals surface area contributed by atoms with Gasteiger partial charge >= 0.3 is 0 Å². The molecule has 0 aliphatic carbocycles. The molecule has 8 nitrogen and oxygen atoms in total. The van der Waals surface area contributed by atoms with Gasteiger partial charge in [0.2, 0.25) is 11.8 Å². The highest BCUT2D eigenvalue weighted by Crippen LogP contribution is 2.44. The van der Waals surface area contributed by atoms with Crippen molar-refractivity contribution in [3.8, 4) is 0 Å². The number of carbonyl (C=O) groups is 3. The van der Waals surface area contributed by atoms with Gasteiger partial charge < -0.3 is 20.9 Å². The molecule has 4 N–H and O–H groups in total. The largest absolute Gasteiger partial charge is 0.371 e. The first-order chi connectivity index (χ1) is 18.2. The molecule has 0 radical (unpaired) electrons. The first kappa shape index (κ1) is 26.6. The Bertz CT molecular complexity index is 1240. The van der Waals surface area contributed by atoms with Crippen LogP contribution in [-0.4, -0.2) is 49.9 Å². The zero-order valence-corrected chi connectivity index (χ0v) is 22.9. The summed E-state index contributed by atoms with van der Waals surface area (Å²) in [6, 6.07) is 10.5. The number of benzene rings is 2. The van der Waals surface area contributed by atoms with E-state index >= 15 is 0 Å². The van der Waals surface area contributed by atoms with Gasteiger partial charge in [0.25, 0.3) is 5.91 Å². The van der Waals surface area contributed by atoms with Gasteiger partial charge in [-0.2, -0.15) is 0 Å². The lowest BCUT2D eigenvalue weighted by Crippen LogP contribution is -2.50. The van der Waals surface area contributed by atoms with E-state index in [0.717, 1.165) is 73.3 Å². The van der Waals surface area contributed by atoms with Crippen LogP contribution in [0.4, 0.5) is 15.8 Å². The molecular formula is C28H33BrFN5O3. The van der Waals surface area contributed by atoms with Crippen molar-refractivity contribution >= 4 is 45.0 Å². The van der Waals surface area contributed by atoms with Crippen LogP contribution in [0.3, 0.4) is 0 Å². The van der Waals surface area contributed by atoms with E-state index in [1.54, 1.807) is 6.07 Å². The molecule has 1 spiro atoms. The second-order valence-corrected chi connectivity index (χ2v) is 11.5. The van der Waals surface area contributed by atoms with E-state index in [2.05, 4.69) is 42.4 Å². The second kappa shape index (κ2) is 11.0. The minimum absolute atomic E-state index is 0.0752. The van der Waals surface area contributed by atoms with E-state index in [-0.39, 0.29) is 28.8 Å². The normalized spacial score (nSPS) is 21.5. The van der Waals surface area contributed by atoms with Gasteiger partial charge in [0.05, 0.1) is 11.6 Å². The predicted octanol–water partition coefficient (Wildman–Crippen LogP) is 3.47. The summed E-state index contributed by atoms with van der Waals surface area (Å²) in [5.41, 5.74) is 8.51. The fourth-order valence-corrected chi connectivity index (χ4v) is 6.49. The molecule has 1 unspecified atom stereocenters.